The first-order valence-electron chi connectivity index (χ1n) is 8.06. The lowest BCUT2D eigenvalue weighted by Crippen LogP contribution is -2.30. The first kappa shape index (κ1) is 15.3. The van der Waals surface area contributed by atoms with Crippen LogP contribution in [0.25, 0.3) is 11.2 Å². The van der Waals surface area contributed by atoms with Gasteiger partial charge in [0.05, 0.1) is 0 Å². The molecule has 0 bridgehead atoms. The van der Waals surface area contributed by atoms with Crippen LogP contribution in [0.5, 0.6) is 0 Å². The largest absolute Gasteiger partial charge is 0.355 e. The van der Waals surface area contributed by atoms with Crippen molar-refractivity contribution >= 4 is 44.5 Å². The number of nitrogens with zero attached hydrogens (tertiary/aromatic N) is 5. The second-order valence-electron chi connectivity index (χ2n) is 5.78. The van der Waals surface area contributed by atoms with Gasteiger partial charge in [0.2, 0.25) is 5.95 Å². The van der Waals surface area contributed by atoms with Crippen molar-refractivity contribution in [1.29, 1.82) is 0 Å². The van der Waals surface area contributed by atoms with E-state index in [1.54, 1.807) is 12.4 Å². The third kappa shape index (κ3) is 3.17. The average molecular weight is 385 g/mol. The molecule has 4 rings (SSSR count). The van der Waals surface area contributed by atoms with E-state index in [4.69, 9.17) is 4.98 Å². The Morgan fingerprint density at radius 1 is 0.917 bits per heavy atom. The number of nitrogens with one attached hydrogen (secondary N) is 1. The van der Waals surface area contributed by atoms with Gasteiger partial charge in [0.1, 0.15) is 0 Å². The summed E-state index contributed by atoms with van der Waals surface area (Å²) in [6.45, 7) is 2.00. The van der Waals surface area contributed by atoms with E-state index in [1.165, 1.54) is 19.3 Å². The maximum Gasteiger partial charge on any atom is 0.231 e. The Hall–Kier alpha value is -2.28. The van der Waals surface area contributed by atoms with E-state index < -0.39 is 0 Å². The predicted octanol–water partition coefficient (Wildman–Crippen LogP) is 3.92. The van der Waals surface area contributed by atoms with E-state index in [0.29, 0.717) is 11.6 Å². The molecular formula is C17H17BrN6. The number of fused-ring (bicyclic) bond motifs is 1. The third-order valence-corrected chi connectivity index (χ3v) is 4.60. The fraction of sp³-hybridized carbons (Fsp3) is 0.294. The van der Waals surface area contributed by atoms with Gasteiger partial charge < -0.3 is 10.2 Å². The van der Waals surface area contributed by atoms with E-state index in [-0.39, 0.29) is 0 Å². The number of hydrogen-bond acceptors (Lipinski definition) is 6. The molecular weight excluding hydrogens is 368 g/mol. The van der Waals surface area contributed by atoms with Gasteiger partial charge in [-0.2, -0.15) is 9.97 Å². The zero-order chi connectivity index (χ0) is 16.4. The van der Waals surface area contributed by atoms with E-state index in [2.05, 4.69) is 41.1 Å². The quantitative estimate of drug-likeness (QED) is 0.737. The monoisotopic (exact) mass is 384 g/mol. The summed E-state index contributed by atoms with van der Waals surface area (Å²) in [6, 6.07) is 7.92. The molecule has 0 saturated carbocycles. The van der Waals surface area contributed by atoms with Gasteiger partial charge in [-0.25, -0.2) is 9.97 Å². The van der Waals surface area contributed by atoms with Crippen molar-refractivity contribution in [1.82, 2.24) is 19.9 Å². The number of benzene rings is 1. The highest BCUT2D eigenvalue weighted by Gasteiger charge is 2.18. The van der Waals surface area contributed by atoms with Gasteiger partial charge in [-0.3, -0.25) is 0 Å². The molecule has 1 aromatic carbocycles. The summed E-state index contributed by atoms with van der Waals surface area (Å²) in [5, 5.41) is 3.27. The van der Waals surface area contributed by atoms with E-state index in [1.807, 2.05) is 24.3 Å². The molecule has 0 atom stereocenters. The van der Waals surface area contributed by atoms with Gasteiger partial charge in [0.15, 0.2) is 17.0 Å². The van der Waals surface area contributed by atoms with Crippen LogP contribution in [0.2, 0.25) is 0 Å². The minimum absolute atomic E-state index is 0.547. The standard InChI is InChI=1S/C17H17BrN6/c18-12-4-6-13(7-5-12)21-17-22-15-14(19-8-9-20-15)16(23-17)24-10-2-1-3-11-24/h4-9H,1-3,10-11H2,(H,20,21,22,23). The molecule has 0 spiro atoms. The van der Waals surface area contributed by atoms with Crippen LogP contribution >= 0.6 is 15.9 Å². The molecule has 2 aromatic heterocycles. The minimum atomic E-state index is 0.547. The SMILES string of the molecule is Brc1ccc(Nc2nc(N3CCCCC3)c3nccnc3n2)cc1. The summed E-state index contributed by atoms with van der Waals surface area (Å²) in [7, 11) is 0. The first-order valence-corrected chi connectivity index (χ1v) is 8.85. The summed E-state index contributed by atoms with van der Waals surface area (Å²) in [4.78, 5) is 20.4. The van der Waals surface area contributed by atoms with Crippen LogP contribution in [0.4, 0.5) is 17.5 Å². The first-order chi connectivity index (χ1) is 11.8. The van der Waals surface area contributed by atoms with Crippen LogP contribution in [0.15, 0.2) is 41.1 Å². The summed E-state index contributed by atoms with van der Waals surface area (Å²) >= 11 is 3.44. The summed E-state index contributed by atoms with van der Waals surface area (Å²) < 4.78 is 1.03. The Balaban J connectivity index is 1.74. The molecule has 24 heavy (non-hydrogen) atoms. The second kappa shape index (κ2) is 6.68. The zero-order valence-electron chi connectivity index (χ0n) is 13.1. The molecule has 1 saturated heterocycles. The van der Waals surface area contributed by atoms with Crippen LogP contribution in [0, 0.1) is 0 Å². The predicted molar refractivity (Wildman–Crippen MR) is 98.6 cm³/mol. The Morgan fingerprint density at radius 2 is 1.67 bits per heavy atom. The lowest BCUT2D eigenvalue weighted by molar-refractivity contribution is 0.574. The highest BCUT2D eigenvalue weighted by Crippen LogP contribution is 2.26. The maximum absolute atomic E-state index is 4.73. The zero-order valence-corrected chi connectivity index (χ0v) is 14.7. The highest BCUT2D eigenvalue weighted by atomic mass is 79.9. The second-order valence-corrected chi connectivity index (χ2v) is 6.69. The number of rotatable bonds is 3. The van der Waals surface area contributed by atoms with E-state index >= 15 is 0 Å². The van der Waals surface area contributed by atoms with Crippen LogP contribution in [0.3, 0.4) is 0 Å². The van der Waals surface area contributed by atoms with Gasteiger partial charge in [-0.05, 0) is 43.5 Å². The minimum Gasteiger partial charge on any atom is -0.355 e. The fourth-order valence-corrected chi connectivity index (χ4v) is 3.16. The Labute approximate surface area is 148 Å². The van der Waals surface area contributed by atoms with E-state index in [9.17, 15) is 0 Å². The molecule has 3 heterocycles. The highest BCUT2D eigenvalue weighted by molar-refractivity contribution is 9.10. The molecule has 1 aliphatic heterocycles. The molecule has 3 aromatic rings. The number of hydrogen-bond donors (Lipinski definition) is 1. The molecule has 1 N–H and O–H groups in total. The normalized spacial score (nSPS) is 14.8. The summed E-state index contributed by atoms with van der Waals surface area (Å²) in [5.74, 6) is 1.42. The molecule has 1 aliphatic rings. The van der Waals surface area contributed by atoms with Crippen molar-refractivity contribution in [2.45, 2.75) is 19.3 Å². The van der Waals surface area contributed by atoms with Crippen LogP contribution in [-0.2, 0) is 0 Å². The Bertz CT molecular complexity index is 845. The van der Waals surface area contributed by atoms with Gasteiger partial charge in [0, 0.05) is 35.6 Å². The van der Waals surface area contributed by atoms with Gasteiger partial charge >= 0.3 is 0 Å². The number of anilines is 3. The van der Waals surface area contributed by atoms with Crippen LogP contribution < -0.4 is 10.2 Å². The van der Waals surface area contributed by atoms with Crippen molar-refractivity contribution in [3.63, 3.8) is 0 Å². The third-order valence-electron chi connectivity index (χ3n) is 4.07. The molecule has 0 amide bonds. The molecule has 7 heteroatoms. The summed E-state index contributed by atoms with van der Waals surface area (Å²) in [6.07, 6.45) is 7.00. The van der Waals surface area contributed by atoms with Crippen LogP contribution in [0.1, 0.15) is 19.3 Å². The number of aromatic nitrogens is 4. The smallest absolute Gasteiger partial charge is 0.231 e. The molecule has 122 valence electrons. The number of piperidine rings is 1. The number of halogens is 1. The Kier molecular flexibility index (Phi) is 4.25. The lowest BCUT2D eigenvalue weighted by Gasteiger charge is -2.28. The van der Waals surface area contributed by atoms with E-state index in [0.717, 1.165) is 34.6 Å². The van der Waals surface area contributed by atoms with Gasteiger partial charge in [-0.1, -0.05) is 15.9 Å². The lowest BCUT2D eigenvalue weighted by atomic mass is 10.1. The molecule has 1 fully saturated rings. The van der Waals surface area contributed by atoms with Crippen molar-refractivity contribution in [3.05, 3.63) is 41.1 Å². The van der Waals surface area contributed by atoms with Gasteiger partial charge in [-0.15, -0.1) is 0 Å². The van der Waals surface area contributed by atoms with Crippen molar-refractivity contribution in [2.75, 3.05) is 23.3 Å². The fourth-order valence-electron chi connectivity index (χ4n) is 2.89. The summed E-state index contributed by atoms with van der Waals surface area (Å²) in [5.41, 5.74) is 2.32. The molecule has 0 unspecified atom stereocenters. The average Bonchev–Trinajstić information content (AvgIpc) is 2.64. The topological polar surface area (TPSA) is 66.8 Å². The van der Waals surface area contributed by atoms with Crippen molar-refractivity contribution in [2.24, 2.45) is 0 Å². The molecule has 6 nitrogen and oxygen atoms in total. The van der Waals surface area contributed by atoms with Crippen molar-refractivity contribution in [3.8, 4) is 0 Å². The van der Waals surface area contributed by atoms with Crippen molar-refractivity contribution < 1.29 is 0 Å². The molecule has 0 radical (unpaired) electrons. The Morgan fingerprint density at radius 3 is 2.46 bits per heavy atom. The van der Waals surface area contributed by atoms with Crippen LogP contribution in [-0.4, -0.2) is 33.0 Å². The van der Waals surface area contributed by atoms with Gasteiger partial charge in [0.25, 0.3) is 0 Å². The maximum atomic E-state index is 4.73. The molecule has 0 aliphatic carbocycles.